The number of amides is 1. The molecule has 1 aliphatic heterocycles. The monoisotopic (exact) mass is 581 g/mol. The van der Waals surface area contributed by atoms with Crippen molar-refractivity contribution in [3.8, 4) is 0 Å². The van der Waals surface area contributed by atoms with Gasteiger partial charge in [0.2, 0.25) is 10.0 Å². The molecule has 7 aliphatic rings. The highest BCUT2D eigenvalue weighted by Crippen LogP contribution is 2.71. The first-order valence-corrected chi connectivity index (χ1v) is 16.7. The summed E-state index contributed by atoms with van der Waals surface area (Å²) in [7, 11) is -3.45. The number of sulfonamides is 1. The number of nitrogens with zero attached hydrogens (tertiary/aromatic N) is 2. The Labute approximate surface area is 233 Å². The molecule has 1 aromatic heterocycles. The number of carbonyl (C=O) groups is 1. The minimum atomic E-state index is -4.10. The molecule has 2 heterocycles. The van der Waals surface area contributed by atoms with Gasteiger partial charge in [0.1, 0.15) is 5.76 Å². The van der Waals surface area contributed by atoms with Crippen LogP contribution in [0.5, 0.6) is 0 Å². The van der Waals surface area contributed by atoms with Crippen LogP contribution >= 0.6 is 0 Å². The Morgan fingerprint density at radius 1 is 1.07 bits per heavy atom. The van der Waals surface area contributed by atoms with Gasteiger partial charge in [-0.05, 0) is 112 Å². The summed E-state index contributed by atoms with van der Waals surface area (Å²) in [5.74, 6) is 2.75. The molecule has 1 N–H and O–H groups in total. The second-order valence-electron chi connectivity index (χ2n) is 14.6. The van der Waals surface area contributed by atoms with Crippen LogP contribution in [0.15, 0.2) is 10.6 Å². The van der Waals surface area contributed by atoms with Gasteiger partial charge in [-0.3, -0.25) is 4.79 Å². The number of aromatic nitrogens is 1. The standard InChI is InChI=1S/C29H38F3N3O4S/c30-29(31,32)5-1-4-27-10-16-6-22(27)20(11-27)15-35(14-16)40(37,38)28-12-18-7-21(8-19(13-28)25(18)28)33-26(36)23-9-24(39-34-23)17-2-3-17/h9,16-22,25H,1-8,10-15H2,(H,33,36)/t16?,18-,19+,20?,21?,22?,25?,27?,28?. The van der Waals surface area contributed by atoms with Gasteiger partial charge in [-0.25, -0.2) is 12.7 Å². The summed E-state index contributed by atoms with van der Waals surface area (Å²) < 4.78 is 73.0. The van der Waals surface area contributed by atoms with E-state index in [-0.39, 0.29) is 35.6 Å². The van der Waals surface area contributed by atoms with Gasteiger partial charge in [-0.15, -0.1) is 0 Å². The van der Waals surface area contributed by atoms with Crippen molar-refractivity contribution in [2.45, 2.75) is 99.9 Å². The Morgan fingerprint density at radius 3 is 2.52 bits per heavy atom. The molecule has 1 amide bonds. The number of carbonyl (C=O) groups excluding carboxylic acids is 1. The van der Waals surface area contributed by atoms with Gasteiger partial charge in [-0.1, -0.05) is 5.16 Å². The Morgan fingerprint density at radius 2 is 1.82 bits per heavy atom. The number of nitrogens with one attached hydrogen (secondary N) is 1. The number of alkyl halides is 3. The number of hydrogen-bond acceptors (Lipinski definition) is 5. The molecule has 9 atom stereocenters. The van der Waals surface area contributed by atoms with Crippen molar-refractivity contribution < 1.29 is 30.9 Å². The van der Waals surface area contributed by atoms with Crippen LogP contribution in [0.1, 0.15) is 99.2 Å². The van der Waals surface area contributed by atoms with Crippen LogP contribution in [0.2, 0.25) is 0 Å². The third-order valence-electron chi connectivity index (χ3n) is 12.3. The van der Waals surface area contributed by atoms with Crippen LogP contribution in [0.25, 0.3) is 0 Å². The molecule has 2 bridgehead atoms. The zero-order chi connectivity index (χ0) is 27.7. The molecule has 7 nitrogen and oxygen atoms in total. The van der Waals surface area contributed by atoms with Crippen LogP contribution in [0.3, 0.4) is 0 Å². The van der Waals surface area contributed by atoms with E-state index in [2.05, 4.69) is 10.5 Å². The molecular weight excluding hydrogens is 543 g/mol. The first-order valence-electron chi connectivity index (χ1n) is 15.3. The minimum absolute atomic E-state index is 0.0200. The van der Waals surface area contributed by atoms with Crippen molar-refractivity contribution in [1.29, 1.82) is 0 Å². The first-order chi connectivity index (χ1) is 19.0. The summed E-state index contributed by atoms with van der Waals surface area (Å²) in [4.78, 5) is 12.8. The van der Waals surface area contributed by atoms with Gasteiger partial charge >= 0.3 is 6.18 Å². The normalized spacial score (nSPS) is 43.6. The average molecular weight is 582 g/mol. The fourth-order valence-electron chi connectivity index (χ4n) is 10.7. The summed E-state index contributed by atoms with van der Waals surface area (Å²) in [6.07, 6.45) is 3.88. The molecule has 0 aromatic carbocycles. The molecule has 6 saturated carbocycles. The largest absolute Gasteiger partial charge is 0.389 e. The van der Waals surface area contributed by atoms with Crippen LogP contribution < -0.4 is 5.32 Å². The maximum absolute atomic E-state index is 14.2. The number of halogens is 3. The van der Waals surface area contributed by atoms with Crippen molar-refractivity contribution in [2.75, 3.05) is 13.1 Å². The Bertz CT molecular complexity index is 1310. The maximum atomic E-state index is 14.2. The molecule has 7 unspecified atom stereocenters. The Balaban J connectivity index is 0.888. The Kier molecular flexibility index (Phi) is 5.52. The van der Waals surface area contributed by atoms with E-state index in [0.29, 0.717) is 67.6 Å². The highest BCUT2D eigenvalue weighted by atomic mass is 32.2. The lowest BCUT2D eigenvalue weighted by Crippen LogP contribution is -2.75. The third-order valence-corrected chi connectivity index (χ3v) is 14.9. The van der Waals surface area contributed by atoms with E-state index in [4.69, 9.17) is 4.52 Å². The zero-order valence-electron chi connectivity index (χ0n) is 22.7. The molecule has 8 rings (SSSR count). The molecule has 220 valence electrons. The molecule has 1 aromatic rings. The van der Waals surface area contributed by atoms with Crippen LogP contribution in [0.4, 0.5) is 13.2 Å². The second-order valence-corrected chi connectivity index (χ2v) is 16.9. The fraction of sp³-hybridized carbons (Fsp3) is 0.862. The highest BCUT2D eigenvalue weighted by Gasteiger charge is 2.74. The number of fused-ring (bicyclic) bond motifs is 1. The molecule has 11 heteroatoms. The zero-order valence-corrected chi connectivity index (χ0v) is 23.5. The van der Waals surface area contributed by atoms with E-state index < -0.39 is 27.4 Å². The smallest absolute Gasteiger partial charge is 0.360 e. The van der Waals surface area contributed by atoms with E-state index in [9.17, 15) is 26.4 Å². The lowest BCUT2D eigenvalue weighted by molar-refractivity contribution is -0.139. The van der Waals surface area contributed by atoms with Gasteiger partial charge in [0.15, 0.2) is 5.69 Å². The predicted molar refractivity (Wildman–Crippen MR) is 139 cm³/mol. The molecule has 0 radical (unpaired) electrons. The SMILES string of the molecule is O=C(NC1C[C@@H]2CC3(S(=O)(=O)N4CC5CC6C(C4)CC6(CCCC(F)(F)F)C5)C[C@H](C1)C23)c1cc(C2CC2)on1. The lowest BCUT2D eigenvalue weighted by atomic mass is 9.42. The molecular formula is C29H38F3N3O4S. The van der Waals surface area contributed by atoms with E-state index in [0.717, 1.165) is 50.7 Å². The Hall–Kier alpha value is -1.62. The fourth-order valence-corrected chi connectivity index (χ4v) is 13.6. The van der Waals surface area contributed by atoms with Crippen LogP contribution in [-0.4, -0.2) is 53.8 Å². The average Bonchev–Trinajstić information content (AvgIpc) is 3.51. The summed E-state index contributed by atoms with van der Waals surface area (Å²) in [6, 6.07) is 1.79. The third kappa shape index (κ3) is 3.81. The van der Waals surface area contributed by atoms with Crippen molar-refractivity contribution >= 4 is 15.9 Å². The maximum Gasteiger partial charge on any atom is 0.389 e. The van der Waals surface area contributed by atoms with Gasteiger partial charge < -0.3 is 9.84 Å². The summed E-state index contributed by atoms with van der Waals surface area (Å²) in [5, 5.41) is 7.10. The van der Waals surface area contributed by atoms with E-state index >= 15 is 0 Å². The molecule has 7 fully saturated rings. The van der Waals surface area contributed by atoms with E-state index in [1.54, 1.807) is 6.07 Å². The summed E-state index contributed by atoms with van der Waals surface area (Å²) >= 11 is 0. The van der Waals surface area contributed by atoms with Gasteiger partial charge in [0.05, 0.1) is 4.75 Å². The second kappa shape index (κ2) is 8.48. The molecule has 6 aliphatic carbocycles. The first kappa shape index (κ1) is 26.0. The predicted octanol–water partition coefficient (Wildman–Crippen LogP) is 5.25. The van der Waals surface area contributed by atoms with Crippen molar-refractivity contribution in [3.63, 3.8) is 0 Å². The number of rotatable bonds is 8. The lowest BCUT2D eigenvalue weighted by Gasteiger charge is -2.70. The topological polar surface area (TPSA) is 92.5 Å². The number of hydrogen-bond donors (Lipinski definition) is 1. The quantitative estimate of drug-likeness (QED) is 0.453. The van der Waals surface area contributed by atoms with Gasteiger partial charge in [-0.2, -0.15) is 13.2 Å². The van der Waals surface area contributed by atoms with Gasteiger partial charge in [0, 0.05) is 37.5 Å². The van der Waals surface area contributed by atoms with E-state index in [1.807, 2.05) is 4.31 Å². The summed E-state index contributed by atoms with van der Waals surface area (Å²) in [6.45, 7) is 1.09. The minimum Gasteiger partial charge on any atom is -0.360 e. The van der Waals surface area contributed by atoms with Crippen LogP contribution in [0, 0.1) is 40.9 Å². The summed E-state index contributed by atoms with van der Waals surface area (Å²) in [5.41, 5.74) is 0.352. The molecule has 40 heavy (non-hydrogen) atoms. The van der Waals surface area contributed by atoms with Crippen LogP contribution in [-0.2, 0) is 10.0 Å². The van der Waals surface area contributed by atoms with Crippen molar-refractivity contribution in [1.82, 2.24) is 14.8 Å². The van der Waals surface area contributed by atoms with E-state index in [1.165, 1.54) is 0 Å². The van der Waals surface area contributed by atoms with Crippen molar-refractivity contribution in [3.05, 3.63) is 17.5 Å². The highest BCUT2D eigenvalue weighted by molar-refractivity contribution is 7.90. The van der Waals surface area contributed by atoms with Gasteiger partial charge in [0.25, 0.3) is 5.91 Å². The molecule has 0 spiro atoms. The van der Waals surface area contributed by atoms with Crippen molar-refractivity contribution in [2.24, 2.45) is 40.9 Å². The molecule has 1 saturated heterocycles.